The van der Waals surface area contributed by atoms with Crippen molar-refractivity contribution in [1.29, 1.82) is 0 Å². The van der Waals surface area contributed by atoms with Gasteiger partial charge in [-0.05, 0) is 43.9 Å². The summed E-state index contributed by atoms with van der Waals surface area (Å²) in [7, 11) is 1.85. The van der Waals surface area contributed by atoms with E-state index in [1.54, 1.807) is 0 Å². The van der Waals surface area contributed by atoms with Crippen molar-refractivity contribution < 1.29 is 4.74 Å². The summed E-state index contributed by atoms with van der Waals surface area (Å²) in [5.74, 6) is 1.61. The van der Waals surface area contributed by atoms with Gasteiger partial charge in [0.2, 0.25) is 0 Å². The van der Waals surface area contributed by atoms with E-state index < -0.39 is 0 Å². The molecule has 0 aromatic carbocycles. The van der Waals surface area contributed by atoms with Crippen LogP contribution in [-0.4, -0.2) is 43.3 Å². The van der Waals surface area contributed by atoms with Crippen molar-refractivity contribution in [3.8, 4) is 0 Å². The summed E-state index contributed by atoms with van der Waals surface area (Å²) in [6.45, 7) is 7.98. The average Bonchev–Trinajstić information content (AvgIpc) is 2.37. The third-order valence-corrected chi connectivity index (χ3v) is 5.03. The lowest BCUT2D eigenvalue weighted by atomic mass is 9.76. The van der Waals surface area contributed by atoms with Crippen LogP contribution in [0.4, 0.5) is 0 Å². The minimum absolute atomic E-state index is 0.210. The van der Waals surface area contributed by atoms with E-state index in [-0.39, 0.29) is 5.54 Å². The van der Waals surface area contributed by atoms with Crippen LogP contribution >= 0.6 is 0 Å². The van der Waals surface area contributed by atoms with Gasteiger partial charge in [0.05, 0.1) is 6.10 Å². The Morgan fingerprint density at radius 1 is 1.28 bits per heavy atom. The lowest BCUT2D eigenvalue weighted by molar-refractivity contribution is -0.0452. The number of methoxy groups -OCH3 is 1. The summed E-state index contributed by atoms with van der Waals surface area (Å²) in [6, 6.07) is 0. The number of ether oxygens (including phenoxy) is 1. The maximum Gasteiger partial charge on any atom is 0.0589 e. The second kappa shape index (κ2) is 5.89. The van der Waals surface area contributed by atoms with E-state index >= 15 is 0 Å². The van der Waals surface area contributed by atoms with E-state index in [9.17, 15) is 0 Å². The molecule has 0 bridgehead atoms. The van der Waals surface area contributed by atoms with E-state index in [0.717, 1.165) is 24.8 Å². The molecule has 4 atom stereocenters. The molecule has 2 aliphatic rings. The van der Waals surface area contributed by atoms with Crippen molar-refractivity contribution >= 4 is 0 Å². The van der Waals surface area contributed by atoms with Crippen molar-refractivity contribution in [3.63, 3.8) is 0 Å². The monoisotopic (exact) mass is 254 g/mol. The standard InChI is InChI=1S/C15H30N2O/c1-12-7-13(2)10-17(9-12)15(11-16)6-4-5-14(8-15)18-3/h12-14H,4-11,16H2,1-3H3. The van der Waals surface area contributed by atoms with Gasteiger partial charge in [-0.3, -0.25) is 4.90 Å². The molecule has 3 heteroatoms. The number of likely N-dealkylation sites (tertiary alicyclic amines) is 1. The van der Waals surface area contributed by atoms with E-state index in [4.69, 9.17) is 10.5 Å². The van der Waals surface area contributed by atoms with Crippen molar-refractivity contribution in [2.24, 2.45) is 17.6 Å². The molecule has 0 radical (unpaired) electrons. The van der Waals surface area contributed by atoms with Gasteiger partial charge in [-0.15, -0.1) is 0 Å². The number of piperidine rings is 1. The third kappa shape index (κ3) is 2.89. The molecule has 1 heterocycles. The molecule has 1 aliphatic carbocycles. The zero-order valence-corrected chi connectivity index (χ0v) is 12.3. The van der Waals surface area contributed by atoms with Crippen LogP contribution in [0.1, 0.15) is 46.0 Å². The fourth-order valence-electron chi connectivity index (χ4n) is 4.14. The fourth-order valence-corrected chi connectivity index (χ4v) is 4.14. The van der Waals surface area contributed by atoms with Crippen LogP contribution in [-0.2, 0) is 4.74 Å². The Labute approximate surface area is 112 Å². The maximum atomic E-state index is 6.18. The number of hydrogen-bond donors (Lipinski definition) is 1. The van der Waals surface area contributed by atoms with Crippen molar-refractivity contribution in [2.45, 2.75) is 57.6 Å². The van der Waals surface area contributed by atoms with Gasteiger partial charge in [-0.25, -0.2) is 0 Å². The quantitative estimate of drug-likeness (QED) is 0.839. The zero-order valence-electron chi connectivity index (χ0n) is 12.3. The van der Waals surface area contributed by atoms with Gasteiger partial charge in [-0.1, -0.05) is 13.8 Å². The van der Waals surface area contributed by atoms with Crippen LogP contribution < -0.4 is 5.73 Å². The molecule has 3 nitrogen and oxygen atoms in total. The van der Waals surface area contributed by atoms with E-state index in [0.29, 0.717) is 6.10 Å². The molecule has 4 unspecified atom stereocenters. The molecule has 1 saturated heterocycles. The van der Waals surface area contributed by atoms with Crippen molar-refractivity contribution in [2.75, 3.05) is 26.7 Å². The maximum absolute atomic E-state index is 6.18. The Bertz CT molecular complexity index is 261. The second-order valence-corrected chi connectivity index (χ2v) is 6.73. The number of nitrogens with zero attached hydrogens (tertiary/aromatic N) is 1. The largest absolute Gasteiger partial charge is 0.381 e. The van der Waals surface area contributed by atoms with Crippen LogP contribution in [0.5, 0.6) is 0 Å². The molecule has 2 fully saturated rings. The molecule has 2 N–H and O–H groups in total. The molecule has 0 amide bonds. The normalized spacial score (nSPS) is 43.0. The number of hydrogen-bond acceptors (Lipinski definition) is 3. The van der Waals surface area contributed by atoms with Crippen LogP contribution in [0.2, 0.25) is 0 Å². The first-order valence-electron chi connectivity index (χ1n) is 7.57. The molecule has 1 aliphatic heterocycles. The smallest absolute Gasteiger partial charge is 0.0589 e. The molecule has 0 aromatic heterocycles. The summed E-state index contributed by atoms with van der Waals surface area (Å²) < 4.78 is 5.61. The Hall–Kier alpha value is -0.120. The molecule has 0 spiro atoms. The predicted octanol–water partition coefficient (Wildman–Crippen LogP) is 2.25. The van der Waals surface area contributed by atoms with E-state index in [1.807, 2.05) is 7.11 Å². The van der Waals surface area contributed by atoms with Crippen LogP contribution in [0.25, 0.3) is 0 Å². The molecule has 1 saturated carbocycles. The summed E-state index contributed by atoms with van der Waals surface area (Å²) >= 11 is 0. The van der Waals surface area contributed by atoms with Gasteiger partial charge in [0, 0.05) is 32.3 Å². The molecule has 18 heavy (non-hydrogen) atoms. The van der Waals surface area contributed by atoms with Crippen molar-refractivity contribution in [3.05, 3.63) is 0 Å². The Morgan fingerprint density at radius 3 is 2.50 bits per heavy atom. The highest BCUT2D eigenvalue weighted by Gasteiger charge is 2.42. The summed E-state index contributed by atoms with van der Waals surface area (Å²) in [5.41, 5.74) is 6.39. The lowest BCUT2D eigenvalue weighted by Crippen LogP contribution is -2.60. The Balaban J connectivity index is 2.10. The van der Waals surface area contributed by atoms with Gasteiger partial charge in [0.1, 0.15) is 0 Å². The fraction of sp³-hybridized carbons (Fsp3) is 1.00. The Morgan fingerprint density at radius 2 is 1.94 bits per heavy atom. The second-order valence-electron chi connectivity index (χ2n) is 6.73. The molecule has 2 rings (SSSR count). The first-order chi connectivity index (χ1) is 8.59. The zero-order chi connectivity index (χ0) is 13.2. The predicted molar refractivity (Wildman–Crippen MR) is 75.6 cm³/mol. The third-order valence-electron chi connectivity index (χ3n) is 5.03. The summed E-state index contributed by atoms with van der Waals surface area (Å²) in [6.07, 6.45) is 6.62. The van der Waals surface area contributed by atoms with Crippen LogP contribution in [0.3, 0.4) is 0 Å². The number of rotatable bonds is 3. The van der Waals surface area contributed by atoms with E-state index in [2.05, 4.69) is 18.7 Å². The van der Waals surface area contributed by atoms with Gasteiger partial charge >= 0.3 is 0 Å². The minimum atomic E-state index is 0.210. The lowest BCUT2D eigenvalue weighted by Gasteiger charge is -2.51. The molecular formula is C15H30N2O. The van der Waals surface area contributed by atoms with Gasteiger partial charge in [-0.2, -0.15) is 0 Å². The van der Waals surface area contributed by atoms with Crippen LogP contribution in [0.15, 0.2) is 0 Å². The molecular weight excluding hydrogens is 224 g/mol. The minimum Gasteiger partial charge on any atom is -0.381 e. The van der Waals surface area contributed by atoms with Gasteiger partial charge in [0.25, 0.3) is 0 Å². The van der Waals surface area contributed by atoms with Gasteiger partial charge < -0.3 is 10.5 Å². The first-order valence-corrected chi connectivity index (χ1v) is 7.57. The van der Waals surface area contributed by atoms with Gasteiger partial charge in [0.15, 0.2) is 0 Å². The summed E-state index contributed by atoms with van der Waals surface area (Å²) in [5, 5.41) is 0. The highest BCUT2D eigenvalue weighted by Crippen LogP contribution is 2.37. The SMILES string of the molecule is COC1CCCC(CN)(N2CC(C)CC(C)C2)C1. The molecule has 106 valence electrons. The van der Waals surface area contributed by atoms with Crippen LogP contribution in [0, 0.1) is 11.8 Å². The van der Waals surface area contributed by atoms with E-state index in [1.165, 1.54) is 38.8 Å². The van der Waals surface area contributed by atoms with Crippen molar-refractivity contribution in [1.82, 2.24) is 4.90 Å². The highest BCUT2D eigenvalue weighted by atomic mass is 16.5. The molecule has 0 aromatic rings. The topological polar surface area (TPSA) is 38.5 Å². The highest BCUT2D eigenvalue weighted by molar-refractivity contribution is 4.99. The average molecular weight is 254 g/mol. The first kappa shape index (κ1) is 14.3. The Kier molecular flexibility index (Phi) is 4.68. The number of nitrogens with two attached hydrogens (primary N) is 1. The summed E-state index contributed by atoms with van der Waals surface area (Å²) in [4.78, 5) is 2.69.